The molecule has 0 fully saturated rings. The van der Waals surface area contributed by atoms with E-state index >= 15 is 0 Å². The van der Waals surface area contributed by atoms with Gasteiger partial charge in [-0.2, -0.15) is 8.78 Å². The van der Waals surface area contributed by atoms with E-state index in [4.69, 9.17) is 4.74 Å². The lowest BCUT2D eigenvalue weighted by Gasteiger charge is -2.07. The molecule has 0 atom stereocenters. The van der Waals surface area contributed by atoms with Gasteiger partial charge in [0.05, 0.1) is 12.0 Å². The highest BCUT2D eigenvalue weighted by Crippen LogP contribution is 2.37. The second-order valence-electron chi connectivity index (χ2n) is 3.73. The van der Waals surface area contributed by atoms with Gasteiger partial charge in [-0.05, 0) is 42.0 Å². The molecule has 0 unspecified atom stereocenters. The summed E-state index contributed by atoms with van der Waals surface area (Å²) in [5.74, 6) is 0.645. The molecule has 1 nitrogen and oxygen atoms in total. The standard InChI is InChI=1S/C15H12F2OS/c1-18-12-9-7-11(8-10-12)14(15(16)17)19-13-5-3-2-4-6-13/h2-10H,1H3. The lowest BCUT2D eigenvalue weighted by Crippen LogP contribution is -1.85. The summed E-state index contributed by atoms with van der Waals surface area (Å²) in [5, 5.41) is 0. The van der Waals surface area contributed by atoms with E-state index in [1.54, 1.807) is 43.5 Å². The zero-order valence-corrected chi connectivity index (χ0v) is 11.1. The summed E-state index contributed by atoms with van der Waals surface area (Å²) in [4.78, 5) is 0.745. The van der Waals surface area contributed by atoms with Gasteiger partial charge in [0.2, 0.25) is 0 Å². The van der Waals surface area contributed by atoms with Crippen LogP contribution < -0.4 is 4.74 Å². The molecule has 0 radical (unpaired) electrons. The Bertz CT molecular complexity index is 560. The van der Waals surface area contributed by atoms with Crippen molar-refractivity contribution in [2.24, 2.45) is 0 Å². The molecule has 2 rings (SSSR count). The Hall–Kier alpha value is -1.81. The van der Waals surface area contributed by atoms with Crippen molar-refractivity contribution in [3.63, 3.8) is 0 Å². The van der Waals surface area contributed by atoms with Gasteiger partial charge in [0.1, 0.15) is 5.75 Å². The third kappa shape index (κ3) is 3.58. The number of methoxy groups -OCH3 is 1. The third-order valence-electron chi connectivity index (χ3n) is 2.49. The summed E-state index contributed by atoms with van der Waals surface area (Å²) in [5.41, 5.74) is 0.481. The van der Waals surface area contributed by atoms with Crippen molar-refractivity contribution in [3.8, 4) is 5.75 Å². The zero-order valence-electron chi connectivity index (χ0n) is 10.3. The van der Waals surface area contributed by atoms with E-state index < -0.39 is 6.08 Å². The minimum absolute atomic E-state index is 0.0335. The molecule has 4 heteroatoms. The third-order valence-corrected chi connectivity index (χ3v) is 3.59. The number of halogens is 2. The minimum atomic E-state index is -1.68. The summed E-state index contributed by atoms with van der Waals surface area (Å²) < 4.78 is 31.2. The number of hydrogen-bond acceptors (Lipinski definition) is 2. The molecule has 0 aliphatic heterocycles. The molecule has 0 aliphatic rings. The van der Waals surface area contributed by atoms with Crippen molar-refractivity contribution in [1.29, 1.82) is 0 Å². The monoisotopic (exact) mass is 278 g/mol. The Labute approximate surface area is 114 Å². The van der Waals surface area contributed by atoms with Crippen molar-refractivity contribution >= 4 is 16.7 Å². The fourth-order valence-electron chi connectivity index (χ4n) is 1.56. The molecule has 0 spiro atoms. The first-order valence-electron chi connectivity index (χ1n) is 5.63. The highest BCUT2D eigenvalue weighted by atomic mass is 32.2. The number of ether oxygens (including phenoxy) is 1. The SMILES string of the molecule is COc1ccc(C(Sc2ccccc2)=C(F)F)cc1. The highest BCUT2D eigenvalue weighted by Gasteiger charge is 2.11. The lowest BCUT2D eigenvalue weighted by atomic mass is 10.2. The Kier molecular flexibility index (Phi) is 4.58. The molecule has 0 aromatic heterocycles. The van der Waals surface area contributed by atoms with Gasteiger partial charge < -0.3 is 4.74 Å². The van der Waals surface area contributed by atoms with Crippen LogP contribution in [0.2, 0.25) is 0 Å². The molecule has 2 aromatic rings. The maximum atomic E-state index is 13.1. The Morgan fingerprint density at radius 1 is 0.947 bits per heavy atom. The van der Waals surface area contributed by atoms with Gasteiger partial charge in [-0.1, -0.05) is 30.0 Å². The summed E-state index contributed by atoms with van der Waals surface area (Å²) in [6.07, 6.45) is -1.68. The van der Waals surface area contributed by atoms with Crippen molar-refractivity contribution in [2.45, 2.75) is 4.90 Å². The van der Waals surface area contributed by atoms with E-state index in [-0.39, 0.29) is 4.91 Å². The van der Waals surface area contributed by atoms with Crippen molar-refractivity contribution in [3.05, 3.63) is 66.2 Å². The molecule has 0 aliphatic carbocycles. The number of hydrogen-bond donors (Lipinski definition) is 0. The van der Waals surface area contributed by atoms with Crippen LogP contribution in [-0.4, -0.2) is 7.11 Å². The molecule has 98 valence electrons. The van der Waals surface area contributed by atoms with Gasteiger partial charge >= 0.3 is 0 Å². The van der Waals surface area contributed by atoms with Crippen LogP contribution in [0.5, 0.6) is 5.75 Å². The second-order valence-corrected chi connectivity index (χ2v) is 4.82. The van der Waals surface area contributed by atoms with Gasteiger partial charge in [0, 0.05) is 4.90 Å². The van der Waals surface area contributed by atoms with Crippen LogP contribution in [0.1, 0.15) is 5.56 Å². The smallest absolute Gasteiger partial charge is 0.284 e. The maximum absolute atomic E-state index is 13.1. The predicted molar refractivity (Wildman–Crippen MR) is 74.4 cm³/mol. The average molecular weight is 278 g/mol. The fourth-order valence-corrected chi connectivity index (χ4v) is 2.42. The Morgan fingerprint density at radius 3 is 2.11 bits per heavy atom. The van der Waals surface area contributed by atoms with E-state index in [9.17, 15) is 8.78 Å². The molecular weight excluding hydrogens is 266 g/mol. The number of thioether (sulfide) groups is 1. The topological polar surface area (TPSA) is 9.23 Å². The predicted octanol–water partition coefficient (Wildman–Crippen LogP) is 5.05. The van der Waals surface area contributed by atoms with Gasteiger partial charge in [0.25, 0.3) is 6.08 Å². The van der Waals surface area contributed by atoms with Crippen LogP contribution >= 0.6 is 11.8 Å². The second kappa shape index (κ2) is 6.38. The fraction of sp³-hybridized carbons (Fsp3) is 0.0667. The first-order chi connectivity index (χ1) is 9.20. The van der Waals surface area contributed by atoms with Crippen LogP contribution in [0.3, 0.4) is 0 Å². The van der Waals surface area contributed by atoms with Gasteiger partial charge in [-0.15, -0.1) is 0 Å². The number of rotatable bonds is 4. The molecular formula is C15H12F2OS. The average Bonchev–Trinajstić information content (AvgIpc) is 2.46. The molecule has 2 aromatic carbocycles. The maximum Gasteiger partial charge on any atom is 0.284 e. The zero-order chi connectivity index (χ0) is 13.7. The van der Waals surface area contributed by atoms with Gasteiger partial charge in [-0.3, -0.25) is 0 Å². The highest BCUT2D eigenvalue weighted by molar-refractivity contribution is 8.08. The Morgan fingerprint density at radius 2 is 1.58 bits per heavy atom. The molecule has 0 saturated carbocycles. The molecule has 0 bridgehead atoms. The van der Waals surface area contributed by atoms with Crippen molar-refractivity contribution in [2.75, 3.05) is 7.11 Å². The van der Waals surface area contributed by atoms with E-state index in [1.165, 1.54) is 0 Å². The summed E-state index contributed by atoms with van der Waals surface area (Å²) in [6.45, 7) is 0. The lowest BCUT2D eigenvalue weighted by molar-refractivity contribution is 0.414. The van der Waals surface area contributed by atoms with E-state index in [0.717, 1.165) is 16.7 Å². The minimum Gasteiger partial charge on any atom is -0.497 e. The quantitative estimate of drug-likeness (QED) is 0.723. The van der Waals surface area contributed by atoms with Gasteiger partial charge in [-0.25, -0.2) is 0 Å². The van der Waals surface area contributed by atoms with E-state index in [1.807, 2.05) is 18.2 Å². The molecule has 0 amide bonds. The summed E-state index contributed by atoms with van der Waals surface area (Å²) >= 11 is 1.05. The molecule has 19 heavy (non-hydrogen) atoms. The van der Waals surface area contributed by atoms with Crippen LogP contribution in [0.15, 0.2) is 65.6 Å². The molecule has 0 saturated heterocycles. The van der Waals surface area contributed by atoms with Crippen LogP contribution in [0, 0.1) is 0 Å². The number of benzene rings is 2. The summed E-state index contributed by atoms with van der Waals surface area (Å²) in [7, 11) is 1.54. The first-order valence-corrected chi connectivity index (χ1v) is 6.45. The Balaban J connectivity index is 2.28. The molecule has 0 N–H and O–H groups in total. The van der Waals surface area contributed by atoms with Gasteiger partial charge in [0.15, 0.2) is 0 Å². The first kappa shape index (κ1) is 13.6. The molecule has 0 heterocycles. The van der Waals surface area contributed by atoms with E-state index in [2.05, 4.69) is 0 Å². The van der Waals surface area contributed by atoms with Crippen LogP contribution in [0.4, 0.5) is 8.78 Å². The normalized spacial score (nSPS) is 10.1. The summed E-state index contributed by atoms with van der Waals surface area (Å²) in [6, 6.07) is 15.7. The van der Waals surface area contributed by atoms with Crippen LogP contribution in [0.25, 0.3) is 4.91 Å². The van der Waals surface area contributed by atoms with E-state index in [0.29, 0.717) is 11.3 Å². The van der Waals surface area contributed by atoms with Crippen molar-refractivity contribution < 1.29 is 13.5 Å². The van der Waals surface area contributed by atoms with Crippen molar-refractivity contribution in [1.82, 2.24) is 0 Å². The largest absolute Gasteiger partial charge is 0.497 e. The van der Waals surface area contributed by atoms with Crippen LogP contribution in [-0.2, 0) is 0 Å².